The Bertz CT molecular complexity index is 768. The molecule has 0 saturated carbocycles. The number of fused-ring (bicyclic) bond motifs is 1. The lowest BCUT2D eigenvalue weighted by Gasteiger charge is -2.05. The van der Waals surface area contributed by atoms with Gasteiger partial charge in [0.05, 0.1) is 5.52 Å². The molecule has 2 nitrogen and oxygen atoms in total. The van der Waals surface area contributed by atoms with E-state index < -0.39 is 0 Å². The number of benzene rings is 2. The number of aromatic nitrogens is 1. The van der Waals surface area contributed by atoms with Crippen molar-refractivity contribution >= 4 is 17.2 Å². The van der Waals surface area contributed by atoms with Gasteiger partial charge >= 0.3 is 0 Å². The SMILES string of the molecule is O=Cc1ccc2ncc(-c3ccccc3F)cc2c1. The van der Waals surface area contributed by atoms with Crippen molar-refractivity contribution in [3.8, 4) is 11.1 Å². The summed E-state index contributed by atoms with van der Waals surface area (Å²) in [5.41, 5.74) is 2.58. The fourth-order valence-corrected chi connectivity index (χ4v) is 2.07. The van der Waals surface area contributed by atoms with E-state index in [0.29, 0.717) is 16.7 Å². The number of nitrogens with zero attached hydrogens (tertiary/aromatic N) is 1. The highest BCUT2D eigenvalue weighted by molar-refractivity contribution is 5.89. The molecule has 0 radical (unpaired) electrons. The number of carbonyl (C=O) groups is 1. The average molecular weight is 251 g/mol. The number of aldehydes is 1. The van der Waals surface area contributed by atoms with E-state index >= 15 is 0 Å². The molecule has 1 aromatic heterocycles. The Hall–Kier alpha value is -2.55. The van der Waals surface area contributed by atoms with Gasteiger partial charge in [-0.1, -0.05) is 18.2 Å². The van der Waals surface area contributed by atoms with Crippen molar-refractivity contribution in [2.75, 3.05) is 0 Å². The van der Waals surface area contributed by atoms with E-state index in [-0.39, 0.29) is 5.82 Å². The highest BCUT2D eigenvalue weighted by atomic mass is 19.1. The molecule has 0 amide bonds. The summed E-state index contributed by atoms with van der Waals surface area (Å²) in [6.07, 6.45) is 2.43. The molecule has 3 aromatic rings. The molecule has 92 valence electrons. The zero-order valence-electron chi connectivity index (χ0n) is 10.0. The fraction of sp³-hybridized carbons (Fsp3) is 0. The lowest BCUT2D eigenvalue weighted by Crippen LogP contribution is -1.87. The minimum atomic E-state index is -0.282. The maximum Gasteiger partial charge on any atom is 0.150 e. The standard InChI is InChI=1S/C16H10FNO/c17-15-4-2-1-3-14(15)13-8-12-7-11(10-19)5-6-16(12)18-9-13/h1-10H. The third-order valence-electron chi connectivity index (χ3n) is 3.03. The summed E-state index contributed by atoms with van der Waals surface area (Å²) in [5, 5.41) is 0.824. The molecule has 2 aromatic carbocycles. The van der Waals surface area contributed by atoms with Crippen LogP contribution in [0.5, 0.6) is 0 Å². The molecule has 0 saturated heterocycles. The Labute approximate surface area is 109 Å². The fourth-order valence-electron chi connectivity index (χ4n) is 2.07. The van der Waals surface area contributed by atoms with Gasteiger partial charge in [-0.25, -0.2) is 4.39 Å². The van der Waals surface area contributed by atoms with Crippen LogP contribution in [0.2, 0.25) is 0 Å². The van der Waals surface area contributed by atoms with Crippen LogP contribution < -0.4 is 0 Å². The van der Waals surface area contributed by atoms with Crippen LogP contribution in [0.4, 0.5) is 4.39 Å². The summed E-state index contributed by atoms with van der Waals surface area (Å²) in [6, 6.07) is 13.6. The van der Waals surface area contributed by atoms with Crippen LogP contribution in [0, 0.1) is 5.82 Å². The van der Waals surface area contributed by atoms with Crippen molar-refractivity contribution in [3.63, 3.8) is 0 Å². The van der Waals surface area contributed by atoms with Gasteiger partial charge in [-0.2, -0.15) is 0 Å². The Morgan fingerprint density at radius 2 is 1.89 bits per heavy atom. The summed E-state index contributed by atoms with van der Waals surface area (Å²) in [4.78, 5) is 15.1. The van der Waals surface area contributed by atoms with Crippen molar-refractivity contribution < 1.29 is 9.18 Å². The summed E-state index contributed by atoms with van der Waals surface area (Å²) < 4.78 is 13.7. The number of halogens is 1. The molecular weight excluding hydrogens is 241 g/mol. The van der Waals surface area contributed by atoms with Crippen LogP contribution >= 0.6 is 0 Å². The van der Waals surface area contributed by atoms with Gasteiger partial charge in [0.25, 0.3) is 0 Å². The monoisotopic (exact) mass is 251 g/mol. The van der Waals surface area contributed by atoms with Crippen LogP contribution in [0.25, 0.3) is 22.0 Å². The van der Waals surface area contributed by atoms with Gasteiger partial charge in [-0.15, -0.1) is 0 Å². The normalized spacial score (nSPS) is 10.6. The van der Waals surface area contributed by atoms with E-state index in [4.69, 9.17) is 0 Å². The van der Waals surface area contributed by atoms with Crippen molar-refractivity contribution in [2.45, 2.75) is 0 Å². The molecule has 3 rings (SSSR count). The molecule has 3 heteroatoms. The predicted octanol–water partition coefficient (Wildman–Crippen LogP) is 3.85. The number of hydrogen-bond donors (Lipinski definition) is 0. The number of rotatable bonds is 2. The van der Waals surface area contributed by atoms with Gasteiger partial charge in [0.15, 0.2) is 0 Å². The van der Waals surface area contributed by atoms with Crippen LogP contribution in [-0.2, 0) is 0 Å². The lowest BCUT2D eigenvalue weighted by atomic mass is 10.0. The molecule has 0 spiro atoms. The minimum absolute atomic E-state index is 0.282. The molecule has 0 fully saturated rings. The largest absolute Gasteiger partial charge is 0.298 e. The molecule has 1 heterocycles. The molecule has 0 aliphatic carbocycles. The van der Waals surface area contributed by atoms with E-state index in [2.05, 4.69) is 4.98 Å². The van der Waals surface area contributed by atoms with Crippen molar-refractivity contribution in [1.29, 1.82) is 0 Å². The highest BCUT2D eigenvalue weighted by Crippen LogP contribution is 2.25. The molecular formula is C16H10FNO. The van der Waals surface area contributed by atoms with Crippen molar-refractivity contribution in [3.05, 3.63) is 66.1 Å². The van der Waals surface area contributed by atoms with E-state index in [0.717, 1.165) is 17.2 Å². The van der Waals surface area contributed by atoms with E-state index in [1.165, 1.54) is 6.07 Å². The lowest BCUT2D eigenvalue weighted by molar-refractivity contribution is 0.112. The van der Waals surface area contributed by atoms with Crippen molar-refractivity contribution in [2.24, 2.45) is 0 Å². The van der Waals surface area contributed by atoms with E-state index in [1.807, 2.05) is 6.07 Å². The smallest absolute Gasteiger partial charge is 0.150 e. The maximum atomic E-state index is 13.7. The second-order valence-electron chi connectivity index (χ2n) is 4.27. The second-order valence-corrected chi connectivity index (χ2v) is 4.27. The Morgan fingerprint density at radius 3 is 2.68 bits per heavy atom. The summed E-state index contributed by atoms with van der Waals surface area (Å²) in [6.45, 7) is 0. The highest BCUT2D eigenvalue weighted by Gasteiger charge is 2.06. The molecule has 19 heavy (non-hydrogen) atoms. The first-order valence-corrected chi connectivity index (χ1v) is 5.88. The first kappa shape index (κ1) is 11.5. The molecule has 0 aliphatic rings. The Balaban J connectivity index is 2.21. The first-order chi connectivity index (χ1) is 9.28. The van der Waals surface area contributed by atoms with Gasteiger partial charge < -0.3 is 0 Å². The van der Waals surface area contributed by atoms with Gasteiger partial charge in [0, 0.05) is 28.3 Å². The number of carbonyl (C=O) groups excluding carboxylic acids is 1. The van der Waals surface area contributed by atoms with Crippen LogP contribution in [-0.4, -0.2) is 11.3 Å². The van der Waals surface area contributed by atoms with Crippen LogP contribution in [0.15, 0.2) is 54.7 Å². The number of hydrogen-bond acceptors (Lipinski definition) is 2. The van der Waals surface area contributed by atoms with Gasteiger partial charge in [0.1, 0.15) is 12.1 Å². The van der Waals surface area contributed by atoms with Gasteiger partial charge in [-0.05, 0) is 30.3 Å². The molecule has 0 atom stereocenters. The second kappa shape index (κ2) is 4.61. The zero-order valence-corrected chi connectivity index (χ0v) is 10.0. The van der Waals surface area contributed by atoms with E-state index in [1.54, 1.807) is 42.6 Å². The predicted molar refractivity (Wildman–Crippen MR) is 72.5 cm³/mol. The topological polar surface area (TPSA) is 30.0 Å². The maximum absolute atomic E-state index is 13.7. The Morgan fingerprint density at radius 1 is 1.05 bits per heavy atom. The van der Waals surface area contributed by atoms with Crippen LogP contribution in [0.1, 0.15) is 10.4 Å². The molecule has 0 bridgehead atoms. The first-order valence-electron chi connectivity index (χ1n) is 5.88. The third kappa shape index (κ3) is 2.10. The van der Waals surface area contributed by atoms with Crippen molar-refractivity contribution in [1.82, 2.24) is 4.98 Å². The summed E-state index contributed by atoms with van der Waals surface area (Å²) in [7, 11) is 0. The van der Waals surface area contributed by atoms with E-state index in [9.17, 15) is 9.18 Å². The average Bonchev–Trinajstić information content (AvgIpc) is 2.46. The Kier molecular flexibility index (Phi) is 2.80. The minimum Gasteiger partial charge on any atom is -0.298 e. The third-order valence-corrected chi connectivity index (χ3v) is 3.03. The summed E-state index contributed by atoms with van der Waals surface area (Å²) in [5.74, 6) is -0.282. The molecule has 0 N–H and O–H groups in total. The van der Waals surface area contributed by atoms with Crippen LogP contribution in [0.3, 0.4) is 0 Å². The quantitative estimate of drug-likeness (QED) is 0.647. The zero-order chi connectivity index (χ0) is 13.2. The summed E-state index contributed by atoms with van der Waals surface area (Å²) >= 11 is 0. The number of pyridine rings is 1. The van der Waals surface area contributed by atoms with Gasteiger partial charge in [0.2, 0.25) is 0 Å². The molecule has 0 unspecified atom stereocenters. The van der Waals surface area contributed by atoms with Gasteiger partial charge in [-0.3, -0.25) is 9.78 Å². The molecule has 0 aliphatic heterocycles.